The van der Waals surface area contributed by atoms with E-state index in [9.17, 15) is 15.0 Å². The van der Waals surface area contributed by atoms with Gasteiger partial charge >= 0.3 is 5.97 Å². The molecule has 0 aliphatic heterocycles. The van der Waals surface area contributed by atoms with Crippen LogP contribution in [0.2, 0.25) is 0 Å². The van der Waals surface area contributed by atoms with Crippen LogP contribution in [0.1, 0.15) is 23.7 Å². The van der Waals surface area contributed by atoms with E-state index in [0.717, 1.165) is 5.56 Å². The first-order valence-corrected chi connectivity index (χ1v) is 5.24. The zero-order valence-corrected chi connectivity index (χ0v) is 9.88. The maximum absolute atomic E-state index is 11.0. The number of hydrogen-bond acceptors (Lipinski definition) is 5. The second-order valence-corrected chi connectivity index (χ2v) is 3.91. The summed E-state index contributed by atoms with van der Waals surface area (Å²) in [5, 5.41) is 19.5. The molecule has 2 unspecified atom stereocenters. The number of esters is 1. The number of nitrogens with two attached hydrogens (primary N) is 1. The predicted molar refractivity (Wildman–Crippen MR) is 63.2 cm³/mol. The zero-order valence-electron chi connectivity index (χ0n) is 9.88. The zero-order chi connectivity index (χ0) is 13.0. The SMILES string of the molecule is COC(=O)CC(O)C(O)c1ccc(N)c(C)c1. The quantitative estimate of drug-likeness (QED) is 0.526. The molecule has 17 heavy (non-hydrogen) atoms. The molecule has 1 rings (SSSR count). The molecule has 5 heteroatoms. The molecule has 0 bridgehead atoms. The van der Waals surface area contributed by atoms with Crippen molar-refractivity contribution >= 4 is 11.7 Å². The highest BCUT2D eigenvalue weighted by Crippen LogP contribution is 2.22. The third kappa shape index (κ3) is 3.44. The van der Waals surface area contributed by atoms with Gasteiger partial charge in [0, 0.05) is 5.69 Å². The van der Waals surface area contributed by atoms with Crippen molar-refractivity contribution in [2.45, 2.75) is 25.6 Å². The second kappa shape index (κ2) is 5.65. The lowest BCUT2D eigenvalue weighted by atomic mass is 10.00. The smallest absolute Gasteiger partial charge is 0.308 e. The summed E-state index contributed by atoms with van der Waals surface area (Å²) in [5.74, 6) is -0.566. The third-order valence-electron chi connectivity index (χ3n) is 2.60. The van der Waals surface area contributed by atoms with Crippen molar-refractivity contribution in [3.8, 4) is 0 Å². The Morgan fingerprint density at radius 1 is 1.47 bits per heavy atom. The van der Waals surface area contributed by atoms with Crippen LogP contribution in [-0.2, 0) is 9.53 Å². The van der Waals surface area contributed by atoms with Gasteiger partial charge in [-0.25, -0.2) is 0 Å². The van der Waals surface area contributed by atoms with Gasteiger partial charge in [0.25, 0.3) is 0 Å². The number of aliphatic hydroxyl groups is 2. The largest absolute Gasteiger partial charge is 0.469 e. The van der Waals surface area contributed by atoms with Crippen molar-refractivity contribution in [1.82, 2.24) is 0 Å². The minimum Gasteiger partial charge on any atom is -0.469 e. The molecule has 2 atom stereocenters. The highest BCUT2D eigenvalue weighted by Gasteiger charge is 2.22. The topological polar surface area (TPSA) is 92.8 Å². The molecule has 4 N–H and O–H groups in total. The van der Waals surface area contributed by atoms with Crippen LogP contribution in [-0.4, -0.2) is 29.4 Å². The second-order valence-electron chi connectivity index (χ2n) is 3.91. The number of carbonyl (C=O) groups excluding carboxylic acids is 1. The third-order valence-corrected chi connectivity index (χ3v) is 2.60. The van der Waals surface area contributed by atoms with Crippen molar-refractivity contribution in [2.24, 2.45) is 0 Å². The molecule has 0 radical (unpaired) electrons. The van der Waals surface area contributed by atoms with Crippen molar-refractivity contribution in [3.05, 3.63) is 29.3 Å². The van der Waals surface area contributed by atoms with Gasteiger partial charge in [0.1, 0.15) is 6.10 Å². The Morgan fingerprint density at radius 3 is 2.65 bits per heavy atom. The van der Waals surface area contributed by atoms with Crippen LogP contribution in [0.4, 0.5) is 5.69 Å². The van der Waals surface area contributed by atoms with Gasteiger partial charge < -0.3 is 20.7 Å². The van der Waals surface area contributed by atoms with E-state index in [2.05, 4.69) is 4.74 Å². The Labute approximate surface area is 99.8 Å². The Hall–Kier alpha value is -1.59. The van der Waals surface area contributed by atoms with E-state index in [-0.39, 0.29) is 6.42 Å². The fraction of sp³-hybridized carbons (Fsp3) is 0.417. The van der Waals surface area contributed by atoms with Crippen LogP contribution in [0, 0.1) is 6.92 Å². The number of rotatable bonds is 4. The normalized spacial score (nSPS) is 14.1. The molecule has 0 heterocycles. The van der Waals surface area contributed by atoms with Crippen LogP contribution in [0.5, 0.6) is 0 Å². The molecular weight excluding hydrogens is 222 g/mol. The Balaban J connectivity index is 2.77. The minimum atomic E-state index is -1.19. The molecule has 0 aliphatic rings. The van der Waals surface area contributed by atoms with E-state index in [4.69, 9.17) is 5.73 Å². The summed E-state index contributed by atoms with van der Waals surface area (Å²) < 4.78 is 4.42. The van der Waals surface area contributed by atoms with Gasteiger partial charge in [-0.15, -0.1) is 0 Å². The number of ether oxygens (including phenoxy) is 1. The predicted octanol–water partition coefficient (Wildman–Crippen LogP) is 0.535. The maximum Gasteiger partial charge on any atom is 0.308 e. The molecule has 0 spiro atoms. The first-order valence-electron chi connectivity index (χ1n) is 5.24. The fourth-order valence-corrected chi connectivity index (χ4v) is 1.47. The van der Waals surface area contributed by atoms with Crippen LogP contribution in [0.15, 0.2) is 18.2 Å². The summed E-state index contributed by atoms with van der Waals surface area (Å²) in [5.41, 5.74) is 7.60. The monoisotopic (exact) mass is 239 g/mol. The van der Waals surface area contributed by atoms with Gasteiger partial charge in [0.2, 0.25) is 0 Å². The minimum absolute atomic E-state index is 0.249. The number of carbonyl (C=O) groups is 1. The van der Waals surface area contributed by atoms with Crippen molar-refractivity contribution in [1.29, 1.82) is 0 Å². The first-order chi connectivity index (χ1) is 7.95. The summed E-state index contributed by atoms with van der Waals surface area (Å²) in [4.78, 5) is 11.0. The van der Waals surface area contributed by atoms with E-state index < -0.39 is 18.2 Å². The summed E-state index contributed by atoms with van der Waals surface area (Å²) in [6, 6.07) is 4.95. The number of methoxy groups -OCH3 is 1. The van der Waals surface area contributed by atoms with Crippen molar-refractivity contribution in [2.75, 3.05) is 12.8 Å². The van der Waals surface area contributed by atoms with E-state index in [1.165, 1.54) is 7.11 Å². The Morgan fingerprint density at radius 2 is 2.12 bits per heavy atom. The standard InChI is InChI=1S/C12H17NO4/c1-7-5-8(3-4-9(7)13)12(16)10(14)6-11(15)17-2/h3-5,10,12,14,16H,6,13H2,1-2H3. The molecule has 0 amide bonds. The Bertz CT molecular complexity index is 405. The molecule has 0 fully saturated rings. The lowest BCUT2D eigenvalue weighted by Crippen LogP contribution is -2.22. The summed E-state index contributed by atoms with van der Waals surface area (Å²) in [6.07, 6.45) is -2.57. The molecule has 1 aromatic carbocycles. The van der Waals surface area contributed by atoms with Crippen LogP contribution in [0.25, 0.3) is 0 Å². The van der Waals surface area contributed by atoms with Gasteiger partial charge in [0.15, 0.2) is 0 Å². The highest BCUT2D eigenvalue weighted by atomic mass is 16.5. The van der Waals surface area contributed by atoms with E-state index in [1.54, 1.807) is 25.1 Å². The molecular formula is C12H17NO4. The number of hydrogen-bond donors (Lipinski definition) is 3. The van der Waals surface area contributed by atoms with E-state index >= 15 is 0 Å². The molecule has 94 valence electrons. The fourth-order valence-electron chi connectivity index (χ4n) is 1.47. The Kier molecular flexibility index (Phi) is 4.48. The lowest BCUT2D eigenvalue weighted by molar-refractivity contribution is -0.144. The number of aryl methyl sites for hydroxylation is 1. The van der Waals surface area contributed by atoms with Crippen LogP contribution >= 0.6 is 0 Å². The number of benzene rings is 1. The summed E-state index contributed by atoms with van der Waals surface area (Å²) in [7, 11) is 1.23. The number of aliphatic hydroxyl groups excluding tert-OH is 2. The average molecular weight is 239 g/mol. The van der Waals surface area contributed by atoms with Gasteiger partial charge in [0.05, 0.1) is 19.6 Å². The molecule has 5 nitrogen and oxygen atoms in total. The lowest BCUT2D eigenvalue weighted by Gasteiger charge is -2.18. The number of nitrogen functional groups attached to an aromatic ring is 1. The van der Waals surface area contributed by atoms with E-state index in [1.807, 2.05) is 0 Å². The molecule has 0 aliphatic carbocycles. The van der Waals surface area contributed by atoms with Gasteiger partial charge in [-0.05, 0) is 24.1 Å². The molecule has 1 aromatic rings. The van der Waals surface area contributed by atoms with Gasteiger partial charge in [-0.2, -0.15) is 0 Å². The summed E-state index contributed by atoms with van der Waals surface area (Å²) in [6.45, 7) is 1.80. The first kappa shape index (κ1) is 13.5. The number of anilines is 1. The maximum atomic E-state index is 11.0. The molecule has 0 aromatic heterocycles. The average Bonchev–Trinajstić information content (AvgIpc) is 2.31. The summed E-state index contributed by atoms with van der Waals surface area (Å²) >= 11 is 0. The highest BCUT2D eigenvalue weighted by molar-refractivity contribution is 5.69. The molecule has 0 saturated carbocycles. The van der Waals surface area contributed by atoms with Crippen LogP contribution < -0.4 is 5.73 Å². The van der Waals surface area contributed by atoms with Crippen LogP contribution in [0.3, 0.4) is 0 Å². The van der Waals surface area contributed by atoms with Crippen molar-refractivity contribution < 1.29 is 19.7 Å². The van der Waals surface area contributed by atoms with Gasteiger partial charge in [-0.1, -0.05) is 12.1 Å². The molecule has 0 saturated heterocycles. The van der Waals surface area contributed by atoms with Gasteiger partial charge in [-0.3, -0.25) is 4.79 Å². The van der Waals surface area contributed by atoms with Crippen molar-refractivity contribution in [3.63, 3.8) is 0 Å². The van der Waals surface area contributed by atoms with E-state index in [0.29, 0.717) is 11.3 Å².